The molecule has 1 aromatic carbocycles. The summed E-state index contributed by atoms with van der Waals surface area (Å²) in [6.45, 7) is 1.14. The van der Waals surface area contributed by atoms with Crippen LogP contribution in [0.4, 0.5) is 0 Å². The molecule has 1 aliphatic heterocycles. The molecule has 1 unspecified atom stereocenters. The Balaban J connectivity index is 1.75. The molecule has 3 rings (SSSR count). The number of alkyl halides is 2. The Morgan fingerprint density at radius 1 is 1.27 bits per heavy atom. The van der Waals surface area contributed by atoms with Gasteiger partial charge in [-0.2, -0.15) is 0 Å². The second kappa shape index (κ2) is 12.4. The Morgan fingerprint density at radius 3 is 2.57 bits per heavy atom. The number of hydrogen-bond acceptors (Lipinski definition) is 9. The predicted molar refractivity (Wildman–Crippen MR) is 142 cm³/mol. The van der Waals surface area contributed by atoms with Gasteiger partial charge >= 0.3 is 18.3 Å². The normalized spacial score (nSPS) is 23.4. The third-order valence-corrected chi connectivity index (χ3v) is 8.64. The molecule has 0 radical (unpaired) electrons. The highest BCUT2D eigenvalue weighted by Gasteiger charge is 2.54. The van der Waals surface area contributed by atoms with Crippen LogP contribution in [-0.4, -0.2) is 62.0 Å². The Bertz CT molecular complexity index is 1240. The third-order valence-electron chi connectivity index (χ3n) is 5.21. The maximum atomic E-state index is 12.4. The number of carbonyl (C=O) groups excluding carboxylic acids is 1. The monoisotopic (exact) mass is 595 g/mol. The maximum absolute atomic E-state index is 12.4. The van der Waals surface area contributed by atoms with Crippen LogP contribution in [0.3, 0.4) is 0 Å². The van der Waals surface area contributed by atoms with E-state index < -0.39 is 52.5 Å². The van der Waals surface area contributed by atoms with Crippen LogP contribution in [0.1, 0.15) is 20.8 Å². The van der Waals surface area contributed by atoms with Crippen molar-refractivity contribution in [2.75, 3.05) is 6.61 Å². The van der Waals surface area contributed by atoms with Gasteiger partial charge in [-0.05, 0) is 44.7 Å². The summed E-state index contributed by atoms with van der Waals surface area (Å²) in [5.74, 6) is -0.149. The van der Waals surface area contributed by atoms with Gasteiger partial charge in [-0.3, -0.25) is 19.1 Å². The van der Waals surface area contributed by atoms with Crippen molar-refractivity contribution in [2.24, 2.45) is 0 Å². The fourth-order valence-corrected chi connectivity index (χ4v) is 6.32. The van der Waals surface area contributed by atoms with E-state index in [1.54, 1.807) is 51.1 Å². The largest absolute Gasteiger partial charge is 0.462 e. The van der Waals surface area contributed by atoms with E-state index in [1.165, 1.54) is 6.20 Å². The first-order chi connectivity index (χ1) is 17.3. The molecule has 0 spiro atoms. The maximum Gasteiger partial charge on any atom is 0.328 e. The minimum absolute atomic E-state index is 0.152. The molecule has 0 amide bonds. The van der Waals surface area contributed by atoms with E-state index in [4.69, 9.17) is 53.5 Å². The fourth-order valence-electron chi connectivity index (χ4n) is 3.38. The number of nitrogens with one attached hydrogen (secondary N) is 2. The topological polar surface area (TPSA) is 141 Å². The molecule has 2 aromatic rings. The average Bonchev–Trinajstić information content (AvgIpc) is 3.02. The zero-order valence-electron chi connectivity index (χ0n) is 20.2. The fraction of sp³-hybridized carbons (Fsp3) is 0.500. The van der Waals surface area contributed by atoms with Gasteiger partial charge in [0.25, 0.3) is 5.56 Å². The molecular weight excluding hydrogens is 568 g/mol. The second-order valence-electron chi connectivity index (χ2n) is 8.58. The van der Waals surface area contributed by atoms with Crippen molar-refractivity contribution >= 4 is 47.6 Å². The smallest absolute Gasteiger partial charge is 0.328 e. The van der Waals surface area contributed by atoms with Crippen molar-refractivity contribution in [3.63, 3.8) is 0 Å². The van der Waals surface area contributed by atoms with E-state index in [0.29, 0.717) is 5.75 Å². The number of hydrogen-bond donors (Lipinski definition) is 3. The number of aromatic nitrogens is 2. The Hall–Kier alpha value is -1.76. The number of esters is 1. The van der Waals surface area contributed by atoms with Crippen LogP contribution in [0, 0.1) is 0 Å². The van der Waals surface area contributed by atoms with E-state index >= 15 is 0 Å². The molecule has 0 bridgehead atoms. The minimum atomic E-state index is -3.40. The second-order valence-corrected chi connectivity index (χ2v) is 13.2. The summed E-state index contributed by atoms with van der Waals surface area (Å²) in [4.78, 5) is 37.9. The number of nitrogens with zero attached hydrogens (tertiary/aromatic N) is 1. The first-order valence-corrected chi connectivity index (χ1v) is 14.7. The van der Waals surface area contributed by atoms with Gasteiger partial charge in [0.2, 0.25) is 0 Å². The third kappa shape index (κ3) is 7.87. The number of carbonyl (C=O) groups is 1. The van der Waals surface area contributed by atoms with E-state index in [1.807, 2.05) is 0 Å². The van der Waals surface area contributed by atoms with Crippen LogP contribution >= 0.6 is 29.8 Å². The van der Waals surface area contributed by atoms with E-state index in [-0.39, 0.29) is 19.3 Å². The summed E-state index contributed by atoms with van der Waals surface area (Å²) in [6.07, 6.45) is -2.59. The van der Waals surface area contributed by atoms with Crippen LogP contribution in [0.2, 0.25) is 0 Å². The van der Waals surface area contributed by atoms with Crippen LogP contribution < -0.4 is 20.9 Å². The lowest BCUT2D eigenvalue weighted by atomic mass is 10.1. The molecule has 0 saturated carbocycles. The predicted octanol–water partition coefficient (Wildman–Crippen LogP) is 2.09. The summed E-state index contributed by atoms with van der Waals surface area (Å²) < 4.78 is 22.2. The van der Waals surface area contributed by atoms with E-state index in [2.05, 4.69) is 10.1 Å². The van der Waals surface area contributed by atoms with Crippen LogP contribution in [0.5, 0.6) is 5.75 Å². The van der Waals surface area contributed by atoms with Crippen LogP contribution in [0.15, 0.2) is 52.2 Å². The number of para-hydroxylation sites is 1. The number of aliphatic hydroxyl groups is 1. The van der Waals surface area contributed by atoms with Gasteiger partial charge in [0, 0.05) is 12.3 Å². The number of benzene rings is 1. The molecule has 0 aliphatic carbocycles. The lowest BCUT2D eigenvalue weighted by molar-refractivity contribution is -0.149. The lowest BCUT2D eigenvalue weighted by Gasteiger charge is -2.28. The molecule has 37 heavy (non-hydrogen) atoms. The molecule has 1 saturated heterocycles. The van der Waals surface area contributed by atoms with Crippen molar-refractivity contribution in [1.82, 2.24) is 14.6 Å². The van der Waals surface area contributed by atoms with E-state index in [9.17, 15) is 19.5 Å². The SMILES string of the molecule is CC(C)OC(=O)[C@@H](C)N[P@](=S)(OC[C@H]1OC(Cn2ccc(=O)[nH]c2=O)C(Cl)(Cl)[C@@H]1O)Oc1ccccc1. The van der Waals surface area contributed by atoms with Crippen molar-refractivity contribution in [2.45, 2.75) is 62.1 Å². The summed E-state index contributed by atoms with van der Waals surface area (Å²) in [7, 11) is 0. The van der Waals surface area contributed by atoms with E-state index in [0.717, 1.165) is 10.6 Å². The van der Waals surface area contributed by atoms with Crippen LogP contribution in [-0.2, 0) is 37.1 Å². The molecule has 2 heterocycles. The molecule has 11 nitrogen and oxygen atoms in total. The Labute approximate surface area is 228 Å². The van der Waals surface area contributed by atoms with Gasteiger partial charge in [0.15, 0.2) is 4.33 Å². The quantitative estimate of drug-likeness (QED) is 0.201. The summed E-state index contributed by atoms with van der Waals surface area (Å²) in [5.41, 5.74) is -1.25. The lowest BCUT2D eigenvalue weighted by Crippen LogP contribution is -2.42. The van der Waals surface area contributed by atoms with Crippen molar-refractivity contribution in [3.05, 3.63) is 63.4 Å². The molecule has 3 N–H and O–H groups in total. The highest BCUT2D eigenvalue weighted by atomic mass is 35.5. The number of aliphatic hydroxyl groups excluding tert-OH is 1. The van der Waals surface area contributed by atoms with Crippen molar-refractivity contribution in [1.29, 1.82) is 0 Å². The molecule has 1 aliphatic rings. The highest BCUT2D eigenvalue weighted by molar-refractivity contribution is 8.09. The number of rotatable bonds is 11. The summed E-state index contributed by atoms with van der Waals surface area (Å²) >= 11 is 18.4. The summed E-state index contributed by atoms with van der Waals surface area (Å²) in [6, 6.07) is 8.92. The van der Waals surface area contributed by atoms with Gasteiger partial charge < -0.3 is 23.6 Å². The molecule has 1 aromatic heterocycles. The van der Waals surface area contributed by atoms with Crippen molar-refractivity contribution < 1.29 is 28.4 Å². The zero-order valence-corrected chi connectivity index (χ0v) is 23.4. The highest BCUT2D eigenvalue weighted by Crippen LogP contribution is 2.47. The number of ether oxygens (including phenoxy) is 2. The molecular formula is C22H28Cl2N3O8PS. The minimum Gasteiger partial charge on any atom is -0.462 e. The Morgan fingerprint density at radius 2 is 1.95 bits per heavy atom. The first kappa shape index (κ1) is 29.8. The average molecular weight is 596 g/mol. The standard InChI is InChI=1S/C22H28Cl2N3O8PS/c1-13(2)33-20(30)14(3)26-36(37,35-15-7-5-4-6-8-15)32-12-16-19(29)22(23,24)17(34-16)11-27-10-9-18(28)25-21(27)31/h4-10,13-14,16-17,19,29H,11-12H2,1-3H3,(H,26,37)(H,25,28,31)/t14-,16-,17?,19-,36+/m1/s1. The van der Waals surface area contributed by atoms with Gasteiger partial charge in [-0.25, -0.2) is 9.88 Å². The number of H-pyrrole nitrogens is 1. The number of halogens is 2. The summed E-state index contributed by atoms with van der Waals surface area (Å²) in [5, 5.41) is 13.7. The van der Waals surface area contributed by atoms with Gasteiger partial charge in [0.1, 0.15) is 30.1 Å². The number of aromatic amines is 1. The van der Waals surface area contributed by atoms with Gasteiger partial charge in [-0.15, -0.1) is 0 Å². The van der Waals surface area contributed by atoms with Gasteiger partial charge in [-0.1, -0.05) is 41.4 Å². The molecule has 204 valence electrons. The molecule has 5 atom stereocenters. The van der Waals surface area contributed by atoms with Crippen molar-refractivity contribution in [3.8, 4) is 5.75 Å². The molecule has 1 fully saturated rings. The van der Waals surface area contributed by atoms with Crippen LogP contribution in [0.25, 0.3) is 0 Å². The molecule has 15 heteroatoms. The zero-order chi connectivity index (χ0) is 27.4. The van der Waals surface area contributed by atoms with Gasteiger partial charge in [0.05, 0.1) is 19.3 Å². The first-order valence-electron chi connectivity index (χ1n) is 11.3. The Kier molecular flexibility index (Phi) is 9.98.